The number of ether oxygens (including phenoxy) is 1. The monoisotopic (exact) mass is 444 g/mol. The van der Waals surface area contributed by atoms with Crippen LogP contribution in [0.5, 0.6) is 6.01 Å². The molecule has 0 radical (unpaired) electrons. The smallest absolute Gasteiger partial charge is 0.316 e. The van der Waals surface area contributed by atoms with Gasteiger partial charge in [-0.2, -0.15) is 0 Å². The van der Waals surface area contributed by atoms with Crippen molar-refractivity contribution in [1.82, 2.24) is 15.0 Å². The number of hydrogen-bond donors (Lipinski definition) is 0. The predicted octanol–water partition coefficient (Wildman–Crippen LogP) is 2.89. The van der Waals surface area contributed by atoms with Gasteiger partial charge in [-0.3, -0.25) is 0 Å². The van der Waals surface area contributed by atoms with Crippen LogP contribution in [0.3, 0.4) is 0 Å². The average molecular weight is 444 g/mol. The zero-order valence-corrected chi connectivity index (χ0v) is 19.4. The summed E-state index contributed by atoms with van der Waals surface area (Å²) in [5.41, 5.74) is 3.09. The van der Waals surface area contributed by atoms with Crippen molar-refractivity contribution in [1.29, 1.82) is 0 Å². The first-order valence-corrected chi connectivity index (χ1v) is 10.6. The lowest BCUT2D eigenvalue weighted by Gasteiger charge is -2.13. The minimum Gasteiger partial charge on any atom is -0.467 e. The van der Waals surface area contributed by atoms with Crippen molar-refractivity contribution in [2.45, 2.75) is 51.9 Å². The van der Waals surface area contributed by atoms with Gasteiger partial charge in [-0.1, -0.05) is 6.07 Å². The number of pyridine rings is 1. The molecule has 1 aliphatic heterocycles. The first-order valence-electron chi connectivity index (χ1n) is 10.1. The maximum absolute atomic E-state index is 11.2. The Labute approximate surface area is 185 Å². The average Bonchev–Trinajstić information content (AvgIpc) is 3.12. The summed E-state index contributed by atoms with van der Waals surface area (Å²) in [6.07, 6.45) is 7.17. The number of aldehydes is 1. The van der Waals surface area contributed by atoms with E-state index in [0.717, 1.165) is 42.7 Å². The third-order valence-electron chi connectivity index (χ3n) is 4.80. The molecule has 3 rings (SSSR count). The highest BCUT2D eigenvalue weighted by Gasteiger charge is 2.18. The van der Waals surface area contributed by atoms with Gasteiger partial charge in [-0.05, 0) is 53.3 Å². The number of fused-ring (bicyclic) bond motifs is 1. The molecule has 8 nitrogen and oxygen atoms in total. The van der Waals surface area contributed by atoms with E-state index in [9.17, 15) is 14.4 Å². The number of hydrogen-bond acceptors (Lipinski definition) is 8. The van der Waals surface area contributed by atoms with Gasteiger partial charge in [0.05, 0.1) is 7.11 Å². The van der Waals surface area contributed by atoms with Crippen LogP contribution < -0.4 is 9.41 Å². The van der Waals surface area contributed by atoms with Crippen molar-refractivity contribution in [2.75, 3.05) is 18.3 Å². The first kappa shape index (κ1) is 24.5. The summed E-state index contributed by atoms with van der Waals surface area (Å²) in [6, 6.07) is 4.41. The molecule has 0 saturated carbocycles. The number of Topliss-reactive ketones (excluding diaryl/α,β-unsaturated/α-hetero) is 2. The third-order valence-corrected chi connectivity index (χ3v) is 5.30. The molecule has 0 amide bonds. The molecule has 1 aliphatic rings. The minimum absolute atomic E-state index is 0.0482. The number of carbonyl (C=O) groups is 3. The second-order valence-corrected chi connectivity index (χ2v) is 8.07. The summed E-state index contributed by atoms with van der Waals surface area (Å²) in [7, 11) is 4.16. The second-order valence-electron chi connectivity index (χ2n) is 7.45. The van der Waals surface area contributed by atoms with Crippen LogP contribution in [-0.4, -0.2) is 46.5 Å². The van der Waals surface area contributed by atoms with Crippen molar-refractivity contribution in [3.05, 3.63) is 41.3 Å². The van der Waals surface area contributed by atoms with E-state index in [1.54, 1.807) is 12.4 Å². The molecule has 0 N–H and O–H groups in total. The maximum Gasteiger partial charge on any atom is 0.316 e. The number of aromatic nitrogens is 3. The van der Waals surface area contributed by atoms with Gasteiger partial charge in [0.25, 0.3) is 0 Å². The number of nitrogens with zero attached hydrogens (tertiary/aromatic N) is 4. The zero-order valence-electron chi connectivity index (χ0n) is 18.2. The molecule has 0 aromatic carbocycles. The normalized spacial score (nSPS) is 12.1. The zero-order chi connectivity index (χ0) is 22.8. The molecule has 2 aromatic rings. The van der Waals surface area contributed by atoms with Gasteiger partial charge in [0.2, 0.25) is 0 Å². The Balaban J connectivity index is 0.000000224. The summed E-state index contributed by atoms with van der Waals surface area (Å²) in [5, 5.41) is 0. The maximum atomic E-state index is 11.2. The summed E-state index contributed by atoms with van der Waals surface area (Å²) in [6.45, 7) is 4.04. The number of carbonyl (C=O) groups excluding carboxylic acids is 3. The van der Waals surface area contributed by atoms with Gasteiger partial charge < -0.3 is 23.8 Å². The Morgan fingerprint density at radius 1 is 1.19 bits per heavy atom. The molecule has 31 heavy (non-hydrogen) atoms. The highest BCUT2D eigenvalue weighted by Crippen LogP contribution is 2.28. The molecule has 166 valence electrons. The van der Waals surface area contributed by atoms with Crippen LogP contribution in [0.1, 0.15) is 55.8 Å². The summed E-state index contributed by atoms with van der Waals surface area (Å²) in [5.74, 6) is 1.01. The van der Waals surface area contributed by atoms with E-state index in [2.05, 4.69) is 35.1 Å². The van der Waals surface area contributed by atoms with Crippen molar-refractivity contribution in [3.63, 3.8) is 0 Å². The lowest BCUT2D eigenvalue weighted by atomic mass is 9.91. The van der Waals surface area contributed by atoms with Crippen LogP contribution in [0, 0.1) is 0 Å². The van der Waals surface area contributed by atoms with Gasteiger partial charge in [0.15, 0.2) is 0 Å². The molecular formula is C22H29N4O4P. The predicted molar refractivity (Wildman–Crippen MR) is 121 cm³/mol. The Hall–Kier alpha value is -2.73. The molecule has 0 aliphatic carbocycles. The largest absolute Gasteiger partial charge is 0.467 e. The fourth-order valence-electron chi connectivity index (χ4n) is 3.30. The standard InChI is InChI=1S/C12H16N2O3.C10H13N2OP/c1-8(15)4-10(5-9(2)16)11-6-13-12(17-3)14-7-11;13-7-1-2-9-4-3-8-5-6-12(14)10(8)11-9/h6-7,10H,4-5H2,1-3H3;3-4,7H,1-2,5-6,14H2. The van der Waals surface area contributed by atoms with Crippen LogP contribution in [0.4, 0.5) is 5.82 Å². The van der Waals surface area contributed by atoms with E-state index in [1.165, 1.54) is 26.5 Å². The number of aryl methyl sites for hydroxylation is 1. The van der Waals surface area contributed by atoms with E-state index in [0.29, 0.717) is 19.3 Å². The van der Waals surface area contributed by atoms with Gasteiger partial charge in [-0.25, -0.2) is 15.0 Å². The van der Waals surface area contributed by atoms with E-state index in [4.69, 9.17) is 4.74 Å². The van der Waals surface area contributed by atoms with Crippen LogP contribution in [-0.2, 0) is 27.2 Å². The fourth-order valence-corrected chi connectivity index (χ4v) is 3.65. The number of rotatable bonds is 9. The highest BCUT2D eigenvalue weighted by atomic mass is 31.0. The molecule has 9 heteroatoms. The van der Waals surface area contributed by atoms with E-state index >= 15 is 0 Å². The Kier molecular flexibility index (Phi) is 9.66. The molecule has 2 aromatic heterocycles. The van der Waals surface area contributed by atoms with Crippen molar-refractivity contribution in [2.24, 2.45) is 0 Å². The molecular weight excluding hydrogens is 415 g/mol. The van der Waals surface area contributed by atoms with Crippen LogP contribution in [0.15, 0.2) is 24.5 Å². The SMILES string of the molecule is COc1ncc(C(CC(C)=O)CC(C)=O)cn1.O=CCCc1ccc2c(n1)N(P)CC2. The molecule has 3 heterocycles. The molecule has 0 spiro atoms. The molecule has 1 atom stereocenters. The number of ketones is 2. The van der Waals surface area contributed by atoms with Crippen molar-refractivity contribution in [3.8, 4) is 6.01 Å². The highest BCUT2D eigenvalue weighted by molar-refractivity contribution is 7.19. The molecule has 0 saturated heterocycles. The second kappa shape index (κ2) is 12.2. The van der Waals surface area contributed by atoms with E-state index in [-0.39, 0.29) is 23.5 Å². The quantitative estimate of drug-likeness (QED) is 0.430. The summed E-state index contributed by atoms with van der Waals surface area (Å²) in [4.78, 5) is 45.0. The van der Waals surface area contributed by atoms with Gasteiger partial charge in [0.1, 0.15) is 23.7 Å². The van der Waals surface area contributed by atoms with Gasteiger partial charge >= 0.3 is 6.01 Å². The van der Waals surface area contributed by atoms with E-state index < -0.39 is 0 Å². The summed E-state index contributed by atoms with van der Waals surface area (Å²) >= 11 is 0. The Morgan fingerprint density at radius 3 is 2.39 bits per heavy atom. The molecule has 0 fully saturated rings. The third kappa shape index (κ3) is 7.79. The lowest BCUT2D eigenvalue weighted by molar-refractivity contribution is -0.118. The Morgan fingerprint density at radius 2 is 1.84 bits per heavy atom. The topological polar surface area (TPSA) is 102 Å². The van der Waals surface area contributed by atoms with E-state index in [1.807, 2.05) is 6.07 Å². The van der Waals surface area contributed by atoms with Crippen LogP contribution in [0.25, 0.3) is 0 Å². The molecule has 1 unspecified atom stereocenters. The minimum atomic E-state index is -0.143. The Bertz CT molecular complexity index is 889. The van der Waals surface area contributed by atoms with Crippen LogP contribution >= 0.6 is 9.39 Å². The van der Waals surface area contributed by atoms with Crippen molar-refractivity contribution >= 4 is 33.1 Å². The fraction of sp³-hybridized carbons (Fsp3) is 0.455. The van der Waals surface area contributed by atoms with Crippen molar-refractivity contribution < 1.29 is 19.1 Å². The number of anilines is 1. The lowest BCUT2D eigenvalue weighted by Crippen LogP contribution is -2.09. The first-order chi connectivity index (χ1) is 14.8. The van der Waals surface area contributed by atoms with Crippen LogP contribution in [0.2, 0.25) is 0 Å². The number of methoxy groups -OCH3 is 1. The van der Waals surface area contributed by atoms with Gasteiger partial charge in [-0.15, -0.1) is 0 Å². The van der Waals surface area contributed by atoms with Gasteiger partial charge in [0, 0.05) is 49.8 Å². The molecule has 0 bridgehead atoms. The summed E-state index contributed by atoms with van der Waals surface area (Å²) < 4.78 is 6.94.